The van der Waals surface area contributed by atoms with Crippen molar-refractivity contribution in [3.05, 3.63) is 52.8 Å². The van der Waals surface area contributed by atoms with Crippen molar-refractivity contribution in [2.24, 2.45) is 0 Å². The van der Waals surface area contributed by atoms with Gasteiger partial charge in [-0.25, -0.2) is 4.39 Å². The van der Waals surface area contributed by atoms with Crippen LogP contribution < -0.4 is 4.74 Å². The fourth-order valence-electron chi connectivity index (χ4n) is 1.83. The van der Waals surface area contributed by atoms with Crippen LogP contribution in [0.25, 0.3) is 11.1 Å². The largest absolute Gasteiger partial charge is 0.495 e. The molecule has 0 radical (unpaired) electrons. The van der Waals surface area contributed by atoms with Crippen LogP contribution in [0.5, 0.6) is 5.75 Å². The topological polar surface area (TPSA) is 9.23 Å². The van der Waals surface area contributed by atoms with Crippen LogP contribution in [0.15, 0.2) is 36.4 Å². The van der Waals surface area contributed by atoms with E-state index in [2.05, 4.69) is 5.92 Å². The lowest BCUT2D eigenvalue weighted by atomic mass is 9.98. The monoisotopic (exact) mass is 260 g/mol. The Bertz CT molecular complexity index is 629. The third kappa shape index (κ3) is 2.05. The Balaban J connectivity index is 2.78. The Hall–Kier alpha value is -1.98. The highest BCUT2D eigenvalue weighted by Crippen LogP contribution is 2.38. The number of ether oxygens (including phenoxy) is 1. The summed E-state index contributed by atoms with van der Waals surface area (Å²) in [4.78, 5) is 0. The first kappa shape index (κ1) is 12.5. The minimum Gasteiger partial charge on any atom is -0.495 e. The van der Waals surface area contributed by atoms with Crippen molar-refractivity contribution < 1.29 is 9.13 Å². The number of hydrogen-bond acceptors (Lipinski definition) is 1. The Kier molecular flexibility index (Phi) is 3.55. The molecule has 0 aliphatic carbocycles. The molecule has 0 amide bonds. The molecule has 0 atom stereocenters. The molecule has 3 heteroatoms. The average Bonchev–Trinajstić information content (AvgIpc) is 2.38. The minimum atomic E-state index is -0.397. The van der Waals surface area contributed by atoms with Gasteiger partial charge in [-0.3, -0.25) is 0 Å². The predicted octanol–water partition coefficient (Wildman–Crippen LogP) is 4.14. The van der Waals surface area contributed by atoms with Crippen molar-refractivity contribution in [2.45, 2.75) is 0 Å². The molecule has 0 aliphatic rings. The van der Waals surface area contributed by atoms with Crippen molar-refractivity contribution in [3.63, 3.8) is 0 Å². The molecule has 0 saturated carbocycles. The molecule has 0 aliphatic heterocycles. The zero-order valence-corrected chi connectivity index (χ0v) is 10.5. The third-order valence-electron chi connectivity index (χ3n) is 2.61. The van der Waals surface area contributed by atoms with E-state index in [1.54, 1.807) is 30.3 Å². The van der Waals surface area contributed by atoms with Crippen LogP contribution in [0.3, 0.4) is 0 Å². The summed E-state index contributed by atoms with van der Waals surface area (Å²) in [6, 6.07) is 9.75. The zero-order chi connectivity index (χ0) is 13.1. The Morgan fingerprint density at radius 3 is 2.61 bits per heavy atom. The molecule has 0 spiro atoms. The summed E-state index contributed by atoms with van der Waals surface area (Å²) in [6.45, 7) is 0. The van der Waals surface area contributed by atoms with E-state index in [4.69, 9.17) is 22.8 Å². The van der Waals surface area contributed by atoms with Gasteiger partial charge in [-0.15, -0.1) is 6.42 Å². The van der Waals surface area contributed by atoms with E-state index in [9.17, 15) is 4.39 Å². The SMILES string of the molecule is C#Cc1cccc(F)c1-c1cccc(Cl)c1OC. The number of hydrogen-bond donors (Lipinski definition) is 0. The van der Waals surface area contributed by atoms with E-state index < -0.39 is 5.82 Å². The van der Waals surface area contributed by atoms with Gasteiger partial charge >= 0.3 is 0 Å². The molecule has 1 nitrogen and oxygen atoms in total. The van der Waals surface area contributed by atoms with Crippen molar-refractivity contribution >= 4 is 11.6 Å². The summed E-state index contributed by atoms with van der Waals surface area (Å²) in [5.74, 6) is 2.49. The van der Waals surface area contributed by atoms with Crippen LogP contribution in [0.1, 0.15) is 5.56 Å². The third-order valence-corrected chi connectivity index (χ3v) is 2.91. The molecule has 0 unspecified atom stereocenters. The Morgan fingerprint density at radius 2 is 1.94 bits per heavy atom. The lowest BCUT2D eigenvalue weighted by Gasteiger charge is -2.12. The van der Waals surface area contributed by atoms with Gasteiger partial charge in [0.2, 0.25) is 0 Å². The summed E-state index contributed by atoms with van der Waals surface area (Å²) in [6.07, 6.45) is 5.40. The van der Waals surface area contributed by atoms with Crippen molar-refractivity contribution in [1.82, 2.24) is 0 Å². The van der Waals surface area contributed by atoms with Crippen LogP contribution in [0.2, 0.25) is 5.02 Å². The molecular weight excluding hydrogens is 251 g/mol. The zero-order valence-electron chi connectivity index (χ0n) is 9.71. The second kappa shape index (κ2) is 5.12. The Morgan fingerprint density at radius 1 is 1.22 bits per heavy atom. The molecule has 0 fully saturated rings. The van der Waals surface area contributed by atoms with E-state index in [0.717, 1.165) is 0 Å². The van der Waals surface area contributed by atoms with Gasteiger partial charge in [0.25, 0.3) is 0 Å². The van der Waals surface area contributed by atoms with Gasteiger partial charge in [0, 0.05) is 16.7 Å². The molecule has 0 bridgehead atoms. The number of terminal acetylenes is 1. The lowest BCUT2D eigenvalue weighted by molar-refractivity contribution is 0.416. The van der Waals surface area contributed by atoms with E-state index in [0.29, 0.717) is 27.5 Å². The summed E-state index contributed by atoms with van der Waals surface area (Å²) >= 11 is 6.03. The van der Waals surface area contributed by atoms with Crippen LogP contribution in [-0.2, 0) is 0 Å². The van der Waals surface area contributed by atoms with Gasteiger partial charge < -0.3 is 4.74 Å². The maximum Gasteiger partial charge on any atom is 0.145 e. The molecule has 90 valence electrons. The number of methoxy groups -OCH3 is 1. The maximum absolute atomic E-state index is 14.0. The number of benzene rings is 2. The van der Waals surface area contributed by atoms with E-state index >= 15 is 0 Å². The molecule has 0 saturated heterocycles. The van der Waals surface area contributed by atoms with Crippen LogP contribution in [0, 0.1) is 18.2 Å². The van der Waals surface area contributed by atoms with Gasteiger partial charge in [0.05, 0.1) is 12.1 Å². The van der Waals surface area contributed by atoms with Crippen LogP contribution in [-0.4, -0.2) is 7.11 Å². The second-order valence-corrected chi connectivity index (χ2v) is 4.03. The van der Waals surface area contributed by atoms with Gasteiger partial charge in [-0.2, -0.15) is 0 Å². The lowest BCUT2D eigenvalue weighted by Crippen LogP contribution is -1.94. The van der Waals surface area contributed by atoms with Crippen molar-refractivity contribution in [3.8, 4) is 29.2 Å². The molecular formula is C15H10ClFO. The number of para-hydroxylation sites is 1. The Labute approximate surface area is 110 Å². The van der Waals surface area contributed by atoms with Crippen LogP contribution >= 0.6 is 11.6 Å². The van der Waals surface area contributed by atoms with E-state index in [1.165, 1.54) is 13.2 Å². The maximum atomic E-state index is 14.0. The molecule has 2 rings (SSSR count). The summed E-state index contributed by atoms with van der Waals surface area (Å²) in [5, 5.41) is 0.418. The van der Waals surface area contributed by atoms with Gasteiger partial charge in [-0.05, 0) is 18.2 Å². The fourth-order valence-corrected chi connectivity index (χ4v) is 2.08. The van der Waals surface area contributed by atoms with Crippen molar-refractivity contribution in [1.29, 1.82) is 0 Å². The van der Waals surface area contributed by atoms with Gasteiger partial charge in [0.15, 0.2) is 0 Å². The standard InChI is InChI=1S/C15H10ClFO/c1-3-10-6-4-9-13(17)14(10)11-7-5-8-12(16)15(11)18-2/h1,4-9H,2H3. The first-order valence-electron chi connectivity index (χ1n) is 5.27. The average molecular weight is 261 g/mol. The molecule has 2 aromatic rings. The molecule has 0 aromatic heterocycles. The predicted molar refractivity (Wildman–Crippen MR) is 71.3 cm³/mol. The summed E-state index contributed by atoms with van der Waals surface area (Å²) < 4.78 is 19.2. The van der Waals surface area contributed by atoms with E-state index in [-0.39, 0.29) is 0 Å². The second-order valence-electron chi connectivity index (χ2n) is 3.63. The highest BCUT2D eigenvalue weighted by atomic mass is 35.5. The van der Waals surface area contributed by atoms with Crippen molar-refractivity contribution in [2.75, 3.05) is 7.11 Å². The molecule has 2 aromatic carbocycles. The molecule has 18 heavy (non-hydrogen) atoms. The quantitative estimate of drug-likeness (QED) is 0.738. The summed E-state index contributed by atoms with van der Waals surface area (Å²) in [7, 11) is 1.49. The fraction of sp³-hybridized carbons (Fsp3) is 0.0667. The van der Waals surface area contributed by atoms with E-state index in [1.807, 2.05) is 0 Å². The minimum absolute atomic E-state index is 0.333. The highest BCUT2D eigenvalue weighted by Gasteiger charge is 2.15. The highest BCUT2D eigenvalue weighted by molar-refractivity contribution is 6.32. The number of rotatable bonds is 2. The smallest absolute Gasteiger partial charge is 0.145 e. The first-order chi connectivity index (χ1) is 8.69. The first-order valence-corrected chi connectivity index (χ1v) is 5.65. The normalized spacial score (nSPS) is 9.89. The summed E-state index contributed by atoms with van der Waals surface area (Å²) in [5.41, 5.74) is 1.35. The molecule has 0 heterocycles. The van der Waals surface area contributed by atoms with Crippen LogP contribution in [0.4, 0.5) is 4.39 Å². The molecule has 0 N–H and O–H groups in total. The van der Waals surface area contributed by atoms with Gasteiger partial charge in [0.1, 0.15) is 11.6 Å². The van der Waals surface area contributed by atoms with Gasteiger partial charge in [-0.1, -0.05) is 35.7 Å². The number of halogens is 2.